The highest BCUT2D eigenvalue weighted by Crippen LogP contribution is 2.39. The molecule has 12 heteroatoms. The van der Waals surface area contributed by atoms with E-state index in [0.717, 1.165) is 12.8 Å². The van der Waals surface area contributed by atoms with Gasteiger partial charge in [0.2, 0.25) is 5.91 Å². The van der Waals surface area contributed by atoms with Gasteiger partial charge < -0.3 is 5.32 Å². The van der Waals surface area contributed by atoms with Crippen LogP contribution >= 0.6 is 11.8 Å². The molecule has 1 aromatic heterocycles. The second-order valence-corrected chi connectivity index (χ2v) is 8.35. The number of para-hydroxylation sites is 1. The fourth-order valence-electron chi connectivity index (χ4n) is 3.18. The number of fused-ring (bicyclic) bond motifs is 1. The molecule has 0 aliphatic heterocycles. The third-order valence-corrected chi connectivity index (χ3v) is 5.83. The van der Waals surface area contributed by atoms with Crippen LogP contribution < -0.4 is 10.9 Å². The Morgan fingerprint density at radius 2 is 1.76 bits per heavy atom. The topological polar surface area (TPSA) is 64.0 Å². The Morgan fingerprint density at radius 3 is 2.39 bits per heavy atom. The number of nitrogens with one attached hydrogen (secondary N) is 1. The summed E-state index contributed by atoms with van der Waals surface area (Å²) in [7, 11) is 0. The summed E-state index contributed by atoms with van der Waals surface area (Å²) < 4.78 is 81.6. The fourth-order valence-corrected chi connectivity index (χ4v) is 4.00. The van der Waals surface area contributed by atoms with E-state index in [1.807, 2.05) is 0 Å². The SMILES string of the molecule is O=C(CSc1nc2ccccc2c(=O)n1-c1cc(C(F)(F)F)ccc1C(F)(F)F)NC1CC1. The lowest BCUT2D eigenvalue weighted by molar-refractivity contribution is -0.141. The maximum absolute atomic E-state index is 13.7. The molecule has 3 aromatic rings. The zero-order valence-corrected chi connectivity index (χ0v) is 17.4. The van der Waals surface area contributed by atoms with Crippen molar-refractivity contribution in [1.29, 1.82) is 0 Å². The van der Waals surface area contributed by atoms with Gasteiger partial charge in [0.25, 0.3) is 5.56 Å². The first-order valence-corrected chi connectivity index (χ1v) is 10.7. The van der Waals surface area contributed by atoms with E-state index < -0.39 is 40.6 Å². The Balaban J connectivity index is 1.92. The van der Waals surface area contributed by atoms with Crippen molar-refractivity contribution in [3.8, 4) is 5.69 Å². The van der Waals surface area contributed by atoms with Crippen LogP contribution in [-0.2, 0) is 17.1 Å². The third-order valence-electron chi connectivity index (χ3n) is 4.89. The largest absolute Gasteiger partial charge is 0.418 e. The number of carbonyl (C=O) groups excluding carboxylic acids is 1. The van der Waals surface area contributed by atoms with E-state index in [-0.39, 0.29) is 40.0 Å². The first kappa shape index (κ1) is 23.1. The Morgan fingerprint density at radius 1 is 1.06 bits per heavy atom. The number of benzene rings is 2. The number of alkyl halides is 6. The lowest BCUT2D eigenvalue weighted by atomic mass is 10.1. The lowest BCUT2D eigenvalue weighted by Gasteiger charge is -2.19. The maximum Gasteiger partial charge on any atom is 0.418 e. The van der Waals surface area contributed by atoms with Crippen LogP contribution in [0.2, 0.25) is 0 Å². The average molecular weight is 487 g/mol. The highest BCUT2D eigenvalue weighted by Gasteiger charge is 2.38. The maximum atomic E-state index is 13.7. The molecule has 5 nitrogen and oxygen atoms in total. The zero-order chi connectivity index (χ0) is 24.0. The first-order chi connectivity index (χ1) is 15.4. The molecule has 1 fully saturated rings. The van der Waals surface area contributed by atoms with Gasteiger partial charge in [0.1, 0.15) is 0 Å². The molecular weight excluding hydrogens is 472 g/mol. The number of hydrogen-bond acceptors (Lipinski definition) is 4. The van der Waals surface area contributed by atoms with Crippen molar-refractivity contribution in [2.45, 2.75) is 36.4 Å². The Labute approximate surface area is 186 Å². The molecule has 1 aliphatic rings. The number of hydrogen-bond donors (Lipinski definition) is 1. The van der Waals surface area contributed by atoms with Crippen LogP contribution in [0.3, 0.4) is 0 Å². The van der Waals surface area contributed by atoms with Crippen LogP contribution in [0, 0.1) is 0 Å². The standard InChI is InChI=1S/C21H15F6N3O2S/c22-20(23,24)11-5-8-14(21(25,26)27)16(9-11)30-18(32)13-3-1-2-4-15(13)29-19(30)33-10-17(31)28-12-6-7-12/h1-5,8-9,12H,6-7,10H2,(H,28,31). The van der Waals surface area contributed by atoms with E-state index in [2.05, 4.69) is 10.3 Å². The van der Waals surface area contributed by atoms with E-state index in [1.54, 1.807) is 6.07 Å². The van der Waals surface area contributed by atoms with Crippen molar-refractivity contribution in [1.82, 2.24) is 14.9 Å². The summed E-state index contributed by atoms with van der Waals surface area (Å²) in [6.07, 6.45) is -8.36. The van der Waals surface area contributed by atoms with Gasteiger partial charge in [0.15, 0.2) is 5.16 Å². The number of carbonyl (C=O) groups is 1. The molecule has 0 unspecified atom stereocenters. The van der Waals surface area contributed by atoms with Crippen molar-refractivity contribution in [2.75, 3.05) is 5.75 Å². The van der Waals surface area contributed by atoms with Crippen LogP contribution in [0.25, 0.3) is 16.6 Å². The minimum absolute atomic E-state index is 0.0326. The number of rotatable bonds is 5. The second kappa shape index (κ2) is 8.40. The quantitative estimate of drug-likeness (QED) is 0.319. The van der Waals surface area contributed by atoms with Gasteiger partial charge in [0.05, 0.1) is 33.5 Å². The number of aromatic nitrogens is 2. The van der Waals surface area contributed by atoms with E-state index in [0.29, 0.717) is 22.4 Å². The Bertz CT molecular complexity index is 1280. The van der Waals surface area contributed by atoms with Crippen LogP contribution in [0.4, 0.5) is 26.3 Å². The lowest BCUT2D eigenvalue weighted by Crippen LogP contribution is -2.28. The molecule has 1 N–H and O–H groups in total. The average Bonchev–Trinajstić information content (AvgIpc) is 3.54. The monoisotopic (exact) mass is 487 g/mol. The molecule has 1 aliphatic carbocycles. The van der Waals surface area contributed by atoms with Crippen molar-refractivity contribution in [2.24, 2.45) is 0 Å². The summed E-state index contributed by atoms with van der Waals surface area (Å²) in [5.74, 6) is -0.696. The fraction of sp³-hybridized carbons (Fsp3) is 0.286. The molecule has 0 bridgehead atoms. The van der Waals surface area contributed by atoms with Crippen LogP contribution in [0.15, 0.2) is 52.4 Å². The van der Waals surface area contributed by atoms with E-state index >= 15 is 0 Å². The number of nitrogens with zero attached hydrogens (tertiary/aromatic N) is 2. The van der Waals surface area contributed by atoms with Gasteiger partial charge in [-0.05, 0) is 43.2 Å². The van der Waals surface area contributed by atoms with Crippen molar-refractivity contribution in [3.63, 3.8) is 0 Å². The molecule has 1 heterocycles. The molecule has 0 saturated heterocycles. The molecule has 1 saturated carbocycles. The highest BCUT2D eigenvalue weighted by molar-refractivity contribution is 7.99. The first-order valence-electron chi connectivity index (χ1n) is 9.68. The molecule has 2 aromatic carbocycles. The Hall–Kier alpha value is -3.02. The summed E-state index contributed by atoms with van der Waals surface area (Å²) in [5.41, 5.74) is -4.63. The molecule has 0 radical (unpaired) electrons. The minimum Gasteiger partial charge on any atom is -0.353 e. The summed E-state index contributed by atoms with van der Waals surface area (Å²) in [4.78, 5) is 29.5. The van der Waals surface area contributed by atoms with Gasteiger partial charge >= 0.3 is 12.4 Å². The summed E-state index contributed by atoms with van der Waals surface area (Å²) in [6.45, 7) is 0. The summed E-state index contributed by atoms with van der Waals surface area (Å²) in [6, 6.07) is 6.68. The molecule has 174 valence electrons. The van der Waals surface area contributed by atoms with E-state index in [4.69, 9.17) is 0 Å². The molecule has 1 amide bonds. The number of amides is 1. The smallest absolute Gasteiger partial charge is 0.353 e. The number of thioether (sulfide) groups is 1. The number of halogens is 6. The van der Waals surface area contributed by atoms with E-state index in [1.165, 1.54) is 18.2 Å². The molecular formula is C21H15F6N3O2S. The minimum atomic E-state index is -5.05. The van der Waals surface area contributed by atoms with E-state index in [9.17, 15) is 35.9 Å². The normalized spacial score (nSPS) is 14.5. The van der Waals surface area contributed by atoms with Crippen LogP contribution in [0.1, 0.15) is 24.0 Å². The summed E-state index contributed by atoms with van der Waals surface area (Å²) in [5, 5.41) is 2.30. The molecule has 4 rings (SSSR count). The van der Waals surface area contributed by atoms with Crippen molar-refractivity contribution >= 4 is 28.6 Å². The van der Waals surface area contributed by atoms with Gasteiger partial charge in [-0.2, -0.15) is 26.3 Å². The molecule has 0 atom stereocenters. The van der Waals surface area contributed by atoms with Gasteiger partial charge in [-0.1, -0.05) is 23.9 Å². The van der Waals surface area contributed by atoms with Gasteiger partial charge in [-0.25, -0.2) is 4.98 Å². The predicted molar refractivity (Wildman–Crippen MR) is 109 cm³/mol. The van der Waals surface area contributed by atoms with Gasteiger partial charge in [-0.3, -0.25) is 14.2 Å². The van der Waals surface area contributed by atoms with Crippen molar-refractivity contribution in [3.05, 3.63) is 63.9 Å². The summed E-state index contributed by atoms with van der Waals surface area (Å²) >= 11 is 0.673. The highest BCUT2D eigenvalue weighted by atomic mass is 32.2. The van der Waals surface area contributed by atoms with Crippen molar-refractivity contribution < 1.29 is 31.1 Å². The predicted octanol–water partition coefficient (Wildman–Crippen LogP) is 4.79. The third kappa shape index (κ3) is 5.00. The zero-order valence-electron chi connectivity index (χ0n) is 16.6. The van der Waals surface area contributed by atoms with Gasteiger partial charge in [0, 0.05) is 6.04 Å². The second-order valence-electron chi connectivity index (χ2n) is 7.41. The van der Waals surface area contributed by atoms with Crippen LogP contribution in [-0.4, -0.2) is 27.3 Å². The van der Waals surface area contributed by atoms with Gasteiger partial charge in [-0.15, -0.1) is 0 Å². The Kier molecular flexibility index (Phi) is 5.89. The van der Waals surface area contributed by atoms with Crippen LogP contribution in [0.5, 0.6) is 0 Å². The molecule has 33 heavy (non-hydrogen) atoms. The molecule has 0 spiro atoms.